The van der Waals surface area contributed by atoms with Gasteiger partial charge in [0.05, 0.1) is 0 Å². The number of hydrogen-bond donors (Lipinski definition) is 1. The molecule has 0 aliphatic carbocycles. The number of hydrogen-bond acceptors (Lipinski definition) is 4. The Morgan fingerprint density at radius 3 is 2.48 bits per heavy atom. The number of carbonyl (C=O) groups is 2. The van der Waals surface area contributed by atoms with E-state index in [0.717, 1.165) is 25.3 Å². The van der Waals surface area contributed by atoms with E-state index in [9.17, 15) is 9.59 Å². The number of anilines is 1. The quantitative estimate of drug-likeness (QED) is 0.831. The fourth-order valence-corrected chi connectivity index (χ4v) is 2.63. The van der Waals surface area contributed by atoms with Crippen LogP contribution in [-0.4, -0.2) is 54.4 Å². The highest BCUT2D eigenvalue weighted by Crippen LogP contribution is 2.21. The van der Waals surface area contributed by atoms with Gasteiger partial charge in [0.2, 0.25) is 11.8 Å². The van der Waals surface area contributed by atoms with Crippen LogP contribution in [-0.2, 0) is 9.59 Å². The summed E-state index contributed by atoms with van der Waals surface area (Å²) in [5.74, 6) is 0.628. The molecule has 0 radical (unpaired) electrons. The minimum Gasteiger partial charge on any atom is -0.355 e. The Hall–Kier alpha value is -2.11. The van der Waals surface area contributed by atoms with Crippen molar-refractivity contribution in [1.82, 2.24) is 15.2 Å². The van der Waals surface area contributed by atoms with Crippen LogP contribution in [0.5, 0.6) is 0 Å². The second kappa shape index (κ2) is 7.44. The molecule has 0 saturated carbocycles. The Bertz CT molecular complexity index is 537. The van der Waals surface area contributed by atoms with Gasteiger partial charge in [-0.25, -0.2) is 4.98 Å². The van der Waals surface area contributed by atoms with Crippen LogP contribution in [0.1, 0.15) is 27.2 Å². The number of piperazine rings is 1. The van der Waals surface area contributed by atoms with E-state index in [2.05, 4.69) is 15.2 Å². The fourth-order valence-electron chi connectivity index (χ4n) is 2.63. The average molecular weight is 318 g/mol. The van der Waals surface area contributed by atoms with Gasteiger partial charge < -0.3 is 15.1 Å². The Labute approximate surface area is 137 Å². The van der Waals surface area contributed by atoms with Gasteiger partial charge in [-0.2, -0.15) is 0 Å². The summed E-state index contributed by atoms with van der Waals surface area (Å²) in [4.78, 5) is 33.2. The lowest BCUT2D eigenvalue weighted by Gasteiger charge is -2.38. The van der Waals surface area contributed by atoms with Crippen LogP contribution >= 0.6 is 0 Å². The van der Waals surface area contributed by atoms with E-state index in [0.29, 0.717) is 19.6 Å². The first-order chi connectivity index (χ1) is 11.0. The predicted molar refractivity (Wildman–Crippen MR) is 90.1 cm³/mol. The smallest absolute Gasteiger partial charge is 0.237 e. The van der Waals surface area contributed by atoms with Crippen molar-refractivity contribution in [2.24, 2.45) is 5.41 Å². The second-order valence-electron chi connectivity index (χ2n) is 6.35. The lowest BCUT2D eigenvalue weighted by atomic mass is 9.90. The first-order valence-electron chi connectivity index (χ1n) is 8.20. The molecule has 1 aromatic rings. The Morgan fingerprint density at radius 2 is 1.91 bits per heavy atom. The summed E-state index contributed by atoms with van der Waals surface area (Å²) in [6.07, 6.45) is 2.63. The average Bonchev–Trinajstić information content (AvgIpc) is 2.59. The number of aromatic nitrogens is 1. The molecule has 2 rings (SSSR count). The van der Waals surface area contributed by atoms with Gasteiger partial charge in [0.1, 0.15) is 11.2 Å². The van der Waals surface area contributed by atoms with Gasteiger partial charge in [0.15, 0.2) is 0 Å². The zero-order valence-electron chi connectivity index (χ0n) is 14.2. The summed E-state index contributed by atoms with van der Waals surface area (Å²) in [5, 5.41) is 2.82. The van der Waals surface area contributed by atoms with E-state index < -0.39 is 5.41 Å². The molecule has 1 aliphatic heterocycles. The Balaban J connectivity index is 1.93. The van der Waals surface area contributed by atoms with Crippen molar-refractivity contribution in [3.8, 4) is 0 Å². The van der Waals surface area contributed by atoms with E-state index in [1.54, 1.807) is 24.9 Å². The topological polar surface area (TPSA) is 65.5 Å². The van der Waals surface area contributed by atoms with Crippen LogP contribution in [0.25, 0.3) is 0 Å². The minimum absolute atomic E-state index is 0.105. The van der Waals surface area contributed by atoms with Gasteiger partial charge >= 0.3 is 0 Å². The molecule has 0 spiro atoms. The number of nitrogens with one attached hydrogen (secondary N) is 1. The molecule has 1 N–H and O–H groups in total. The number of rotatable bonds is 5. The van der Waals surface area contributed by atoms with E-state index in [4.69, 9.17) is 0 Å². The molecule has 0 atom stereocenters. The van der Waals surface area contributed by atoms with Gasteiger partial charge in [-0.05, 0) is 32.4 Å². The van der Waals surface area contributed by atoms with Crippen LogP contribution < -0.4 is 10.2 Å². The van der Waals surface area contributed by atoms with Gasteiger partial charge in [-0.15, -0.1) is 0 Å². The van der Waals surface area contributed by atoms with Crippen molar-refractivity contribution in [2.75, 3.05) is 37.6 Å². The van der Waals surface area contributed by atoms with E-state index in [1.165, 1.54) is 0 Å². The van der Waals surface area contributed by atoms with Gasteiger partial charge in [0, 0.05) is 38.9 Å². The van der Waals surface area contributed by atoms with Crippen molar-refractivity contribution in [3.63, 3.8) is 0 Å². The number of carbonyl (C=O) groups excluding carboxylic acids is 2. The highest BCUT2D eigenvalue weighted by molar-refractivity contribution is 6.04. The molecule has 0 aromatic carbocycles. The van der Waals surface area contributed by atoms with Crippen LogP contribution in [0.4, 0.5) is 5.82 Å². The fraction of sp³-hybridized carbons (Fsp3) is 0.588. The monoisotopic (exact) mass is 318 g/mol. The Morgan fingerprint density at radius 1 is 1.22 bits per heavy atom. The maximum atomic E-state index is 12.7. The molecule has 1 aromatic heterocycles. The van der Waals surface area contributed by atoms with E-state index >= 15 is 0 Å². The minimum atomic E-state index is -1.03. The zero-order chi connectivity index (χ0) is 16.9. The van der Waals surface area contributed by atoms with Crippen molar-refractivity contribution in [3.05, 3.63) is 24.4 Å². The molecule has 126 valence electrons. The zero-order valence-corrected chi connectivity index (χ0v) is 14.2. The highest BCUT2D eigenvalue weighted by Gasteiger charge is 2.39. The van der Waals surface area contributed by atoms with E-state index in [1.807, 2.05) is 25.1 Å². The molecular weight excluding hydrogens is 292 g/mol. The largest absolute Gasteiger partial charge is 0.355 e. The summed E-state index contributed by atoms with van der Waals surface area (Å²) in [7, 11) is 0. The van der Waals surface area contributed by atoms with Gasteiger partial charge in [-0.1, -0.05) is 13.0 Å². The summed E-state index contributed by atoms with van der Waals surface area (Å²) in [5.41, 5.74) is -1.03. The molecule has 6 heteroatoms. The maximum absolute atomic E-state index is 12.7. The summed E-state index contributed by atoms with van der Waals surface area (Å²) in [6.45, 7) is 8.68. The molecule has 2 heterocycles. The standard InChI is InChI=1S/C17H26N4O2/c1-4-8-19-15(22)17(2,3)16(23)21-12-10-20(11-13-21)14-7-5-6-9-18-14/h5-7,9H,4,8,10-13H2,1-3H3,(H,19,22). The normalized spacial score (nSPS) is 15.4. The van der Waals surface area contributed by atoms with Gasteiger partial charge in [-0.3, -0.25) is 9.59 Å². The van der Waals surface area contributed by atoms with Crippen molar-refractivity contribution >= 4 is 17.6 Å². The second-order valence-corrected chi connectivity index (χ2v) is 6.35. The third-order valence-electron chi connectivity index (χ3n) is 4.18. The number of nitrogens with zero attached hydrogens (tertiary/aromatic N) is 3. The SMILES string of the molecule is CCCNC(=O)C(C)(C)C(=O)N1CCN(c2ccccn2)CC1. The molecule has 0 bridgehead atoms. The lowest BCUT2D eigenvalue weighted by Crippen LogP contribution is -2.55. The first kappa shape index (κ1) is 17.2. The lowest BCUT2D eigenvalue weighted by molar-refractivity contribution is -0.148. The molecule has 1 fully saturated rings. The molecule has 6 nitrogen and oxygen atoms in total. The first-order valence-corrected chi connectivity index (χ1v) is 8.20. The third kappa shape index (κ3) is 4.00. The summed E-state index contributed by atoms with van der Waals surface area (Å²) < 4.78 is 0. The predicted octanol–water partition coefficient (Wildman–Crippen LogP) is 1.28. The van der Waals surface area contributed by atoms with Crippen LogP contribution in [0.2, 0.25) is 0 Å². The van der Waals surface area contributed by atoms with Crippen molar-refractivity contribution < 1.29 is 9.59 Å². The molecule has 23 heavy (non-hydrogen) atoms. The number of amides is 2. The molecule has 1 saturated heterocycles. The van der Waals surface area contributed by atoms with E-state index in [-0.39, 0.29) is 11.8 Å². The summed E-state index contributed by atoms with van der Waals surface area (Å²) >= 11 is 0. The maximum Gasteiger partial charge on any atom is 0.237 e. The van der Waals surface area contributed by atoms with Crippen LogP contribution in [0.15, 0.2) is 24.4 Å². The molecular formula is C17H26N4O2. The number of pyridine rings is 1. The van der Waals surface area contributed by atoms with Crippen molar-refractivity contribution in [1.29, 1.82) is 0 Å². The summed E-state index contributed by atoms with van der Waals surface area (Å²) in [6, 6.07) is 5.82. The third-order valence-corrected chi connectivity index (χ3v) is 4.18. The van der Waals surface area contributed by atoms with Crippen LogP contribution in [0, 0.1) is 5.41 Å². The highest BCUT2D eigenvalue weighted by atomic mass is 16.2. The van der Waals surface area contributed by atoms with Crippen LogP contribution in [0.3, 0.4) is 0 Å². The van der Waals surface area contributed by atoms with Gasteiger partial charge in [0.25, 0.3) is 0 Å². The van der Waals surface area contributed by atoms with Crippen molar-refractivity contribution in [2.45, 2.75) is 27.2 Å². The molecule has 1 aliphatic rings. The Kier molecular flexibility index (Phi) is 5.58. The molecule has 2 amide bonds. The molecule has 0 unspecified atom stereocenters.